The Kier molecular flexibility index (Phi) is 6.92. The molecule has 0 radical (unpaired) electrons. The molecule has 0 aliphatic heterocycles. The highest BCUT2D eigenvalue weighted by atomic mass is 16.4. The summed E-state index contributed by atoms with van der Waals surface area (Å²) in [6.07, 6.45) is 4.58. The normalized spacial score (nSPS) is 26.6. The Hall–Kier alpha value is -0.650. The zero-order chi connectivity index (χ0) is 15.2. The van der Waals surface area contributed by atoms with E-state index in [0.29, 0.717) is 6.42 Å². The Morgan fingerprint density at radius 2 is 2.05 bits per heavy atom. The molecule has 1 fully saturated rings. The third-order valence-corrected chi connectivity index (χ3v) is 4.59. The number of hydrogen-bond acceptors (Lipinski definition) is 4. The number of nitrogens with zero attached hydrogens (tertiary/aromatic N) is 2. The average Bonchev–Trinajstić information content (AvgIpc) is 2.76. The molecular weight excluding hydrogens is 254 g/mol. The van der Waals surface area contributed by atoms with Crippen LogP contribution in [-0.2, 0) is 4.79 Å². The number of hydrogen-bond donors (Lipinski definition) is 2. The van der Waals surface area contributed by atoms with Gasteiger partial charge in [0.25, 0.3) is 0 Å². The van der Waals surface area contributed by atoms with Gasteiger partial charge in [0.15, 0.2) is 0 Å². The second-order valence-electron chi connectivity index (χ2n) is 6.31. The zero-order valence-corrected chi connectivity index (χ0v) is 13.3. The van der Waals surface area contributed by atoms with E-state index in [1.165, 1.54) is 0 Å². The highest BCUT2D eigenvalue weighted by Crippen LogP contribution is 2.36. The Labute approximate surface area is 123 Å². The van der Waals surface area contributed by atoms with Gasteiger partial charge in [-0.15, -0.1) is 0 Å². The van der Waals surface area contributed by atoms with Crippen LogP contribution in [0, 0.1) is 5.92 Å². The van der Waals surface area contributed by atoms with Gasteiger partial charge in [0, 0.05) is 0 Å². The van der Waals surface area contributed by atoms with Crippen LogP contribution < -0.4 is 5.73 Å². The van der Waals surface area contributed by atoms with Crippen molar-refractivity contribution in [3.8, 4) is 0 Å². The Balaban J connectivity index is 2.38. The molecule has 118 valence electrons. The molecule has 0 bridgehead atoms. The minimum Gasteiger partial charge on any atom is -0.480 e. The number of carboxylic acid groups (broad SMARTS) is 1. The molecule has 3 N–H and O–H groups in total. The van der Waals surface area contributed by atoms with Crippen LogP contribution in [0.1, 0.15) is 39.0 Å². The first-order chi connectivity index (χ1) is 9.40. The van der Waals surface area contributed by atoms with Crippen molar-refractivity contribution >= 4 is 5.97 Å². The van der Waals surface area contributed by atoms with Crippen molar-refractivity contribution in [2.75, 3.05) is 40.3 Å². The van der Waals surface area contributed by atoms with E-state index in [2.05, 4.69) is 30.8 Å². The van der Waals surface area contributed by atoms with Crippen molar-refractivity contribution < 1.29 is 9.90 Å². The number of carboxylic acids is 1. The van der Waals surface area contributed by atoms with Gasteiger partial charge in [-0.3, -0.25) is 4.79 Å². The molecule has 0 aromatic rings. The minimum atomic E-state index is -0.983. The van der Waals surface area contributed by atoms with Gasteiger partial charge < -0.3 is 20.6 Å². The molecule has 1 aliphatic rings. The van der Waals surface area contributed by atoms with E-state index in [9.17, 15) is 9.90 Å². The first-order valence-electron chi connectivity index (χ1n) is 7.79. The summed E-state index contributed by atoms with van der Waals surface area (Å²) in [5.41, 5.74) is 5.11. The van der Waals surface area contributed by atoms with Crippen LogP contribution in [0.15, 0.2) is 0 Å². The molecule has 0 saturated heterocycles. The van der Waals surface area contributed by atoms with Crippen molar-refractivity contribution in [3.63, 3.8) is 0 Å². The van der Waals surface area contributed by atoms with Crippen LogP contribution >= 0.6 is 0 Å². The lowest BCUT2D eigenvalue weighted by atomic mass is 9.85. The lowest BCUT2D eigenvalue weighted by molar-refractivity contribution is -0.144. The standard InChI is InChI=1S/C15H31N3O2/c1-4-18(11-6-10-17(2)3)12-8-13-7-5-9-15(13,16)14(19)20/h13H,4-12,16H2,1-3H3,(H,19,20). The van der Waals surface area contributed by atoms with Crippen LogP contribution in [0.4, 0.5) is 0 Å². The summed E-state index contributed by atoms with van der Waals surface area (Å²) in [7, 11) is 4.18. The summed E-state index contributed by atoms with van der Waals surface area (Å²) in [5, 5.41) is 9.32. The molecule has 1 aliphatic carbocycles. The molecule has 0 heterocycles. The summed E-state index contributed by atoms with van der Waals surface area (Å²) in [6.45, 7) is 6.31. The topological polar surface area (TPSA) is 69.8 Å². The molecule has 20 heavy (non-hydrogen) atoms. The first-order valence-corrected chi connectivity index (χ1v) is 7.79. The minimum absolute atomic E-state index is 0.128. The van der Waals surface area contributed by atoms with Gasteiger partial charge in [0.2, 0.25) is 0 Å². The van der Waals surface area contributed by atoms with Crippen LogP contribution in [0.25, 0.3) is 0 Å². The lowest BCUT2D eigenvalue weighted by Crippen LogP contribution is -2.51. The molecule has 0 spiro atoms. The Morgan fingerprint density at radius 1 is 1.35 bits per heavy atom. The summed E-state index contributed by atoms with van der Waals surface area (Å²) < 4.78 is 0. The largest absolute Gasteiger partial charge is 0.480 e. The maximum atomic E-state index is 11.4. The van der Waals surface area contributed by atoms with Gasteiger partial charge in [-0.2, -0.15) is 0 Å². The van der Waals surface area contributed by atoms with E-state index in [4.69, 9.17) is 5.73 Å². The fraction of sp³-hybridized carbons (Fsp3) is 0.933. The van der Waals surface area contributed by atoms with E-state index in [-0.39, 0.29) is 5.92 Å². The monoisotopic (exact) mass is 285 g/mol. The maximum Gasteiger partial charge on any atom is 0.323 e. The van der Waals surface area contributed by atoms with Gasteiger partial charge in [0.1, 0.15) is 5.54 Å². The highest BCUT2D eigenvalue weighted by molar-refractivity contribution is 5.79. The van der Waals surface area contributed by atoms with Crippen LogP contribution in [0.5, 0.6) is 0 Å². The SMILES string of the molecule is CCN(CCCN(C)C)CCC1CCCC1(N)C(=O)O. The molecule has 1 rings (SSSR count). The smallest absolute Gasteiger partial charge is 0.323 e. The summed E-state index contributed by atoms with van der Waals surface area (Å²) in [5.74, 6) is -0.696. The van der Waals surface area contributed by atoms with Crippen LogP contribution in [0.2, 0.25) is 0 Å². The third kappa shape index (κ3) is 4.72. The second kappa shape index (κ2) is 7.96. The average molecular weight is 285 g/mol. The van der Waals surface area contributed by atoms with Gasteiger partial charge >= 0.3 is 5.97 Å². The van der Waals surface area contributed by atoms with Gasteiger partial charge in [-0.25, -0.2) is 0 Å². The molecule has 2 atom stereocenters. The number of carbonyl (C=O) groups is 1. The fourth-order valence-electron chi connectivity index (χ4n) is 3.16. The van der Waals surface area contributed by atoms with Crippen molar-refractivity contribution in [3.05, 3.63) is 0 Å². The second-order valence-corrected chi connectivity index (χ2v) is 6.31. The van der Waals surface area contributed by atoms with Gasteiger partial charge in [-0.05, 0) is 71.9 Å². The van der Waals surface area contributed by atoms with Crippen molar-refractivity contribution in [1.82, 2.24) is 9.80 Å². The number of rotatable bonds is 9. The van der Waals surface area contributed by atoms with E-state index in [1.807, 2.05) is 0 Å². The van der Waals surface area contributed by atoms with Gasteiger partial charge in [-0.1, -0.05) is 13.3 Å². The van der Waals surface area contributed by atoms with E-state index in [0.717, 1.165) is 51.9 Å². The summed E-state index contributed by atoms with van der Waals surface area (Å²) >= 11 is 0. The highest BCUT2D eigenvalue weighted by Gasteiger charge is 2.45. The van der Waals surface area contributed by atoms with E-state index < -0.39 is 11.5 Å². The molecule has 5 nitrogen and oxygen atoms in total. The first kappa shape index (κ1) is 17.4. The van der Waals surface area contributed by atoms with E-state index in [1.54, 1.807) is 0 Å². The number of aliphatic carboxylic acids is 1. The zero-order valence-electron chi connectivity index (χ0n) is 13.3. The summed E-state index contributed by atoms with van der Waals surface area (Å²) in [6, 6.07) is 0. The van der Waals surface area contributed by atoms with Gasteiger partial charge in [0.05, 0.1) is 0 Å². The predicted octanol–water partition coefficient (Wildman–Crippen LogP) is 1.23. The molecular formula is C15H31N3O2. The molecule has 1 saturated carbocycles. The Bertz CT molecular complexity index is 309. The number of nitrogens with two attached hydrogens (primary N) is 1. The van der Waals surface area contributed by atoms with Crippen LogP contribution in [0.3, 0.4) is 0 Å². The van der Waals surface area contributed by atoms with E-state index >= 15 is 0 Å². The van der Waals surface area contributed by atoms with Crippen molar-refractivity contribution in [2.45, 2.75) is 44.6 Å². The third-order valence-electron chi connectivity index (χ3n) is 4.59. The lowest BCUT2D eigenvalue weighted by Gasteiger charge is -2.29. The van der Waals surface area contributed by atoms with Crippen molar-refractivity contribution in [2.24, 2.45) is 11.7 Å². The molecule has 0 aromatic heterocycles. The molecule has 0 aromatic carbocycles. The van der Waals surface area contributed by atoms with Crippen LogP contribution in [-0.4, -0.2) is 66.7 Å². The maximum absolute atomic E-state index is 11.4. The molecule has 5 heteroatoms. The molecule has 2 unspecified atom stereocenters. The summed E-state index contributed by atoms with van der Waals surface area (Å²) in [4.78, 5) is 16.0. The Morgan fingerprint density at radius 3 is 2.60 bits per heavy atom. The van der Waals surface area contributed by atoms with Crippen molar-refractivity contribution in [1.29, 1.82) is 0 Å². The fourth-order valence-corrected chi connectivity index (χ4v) is 3.16. The molecule has 0 amide bonds. The quantitative estimate of drug-likeness (QED) is 0.667. The predicted molar refractivity (Wildman–Crippen MR) is 81.8 cm³/mol.